The number of halogens is 2. The van der Waals surface area contributed by atoms with Crippen LogP contribution in [0.4, 0.5) is 5.69 Å². The number of rotatable bonds is 4. The number of nitrogens with two attached hydrogens (primary N) is 1. The summed E-state index contributed by atoms with van der Waals surface area (Å²) in [6.45, 7) is 1.56. The van der Waals surface area contributed by atoms with E-state index in [-0.39, 0.29) is 21.3 Å². The lowest BCUT2D eigenvalue weighted by Gasteiger charge is -2.10. The van der Waals surface area contributed by atoms with Crippen molar-refractivity contribution >= 4 is 49.1 Å². The van der Waals surface area contributed by atoms with Gasteiger partial charge in [-0.2, -0.15) is 5.10 Å². The third-order valence-corrected chi connectivity index (χ3v) is 4.93. The van der Waals surface area contributed by atoms with Crippen molar-refractivity contribution in [2.75, 3.05) is 4.72 Å². The van der Waals surface area contributed by atoms with E-state index in [9.17, 15) is 13.2 Å². The SMILES string of the molecule is Cc1[nH]nc(C(N)=O)c1NS(=O)(=O)c1ccc(Br)cc1Cl. The topological polar surface area (TPSA) is 118 Å². The van der Waals surface area contributed by atoms with Crippen molar-refractivity contribution in [2.45, 2.75) is 11.8 Å². The fourth-order valence-electron chi connectivity index (χ4n) is 1.61. The zero-order chi connectivity index (χ0) is 15.8. The highest BCUT2D eigenvalue weighted by molar-refractivity contribution is 9.10. The fraction of sp³-hybridized carbons (Fsp3) is 0.0909. The van der Waals surface area contributed by atoms with Gasteiger partial charge in [0.15, 0.2) is 5.69 Å². The molecule has 0 aliphatic carbocycles. The van der Waals surface area contributed by atoms with E-state index in [0.29, 0.717) is 10.2 Å². The van der Waals surface area contributed by atoms with Crippen LogP contribution in [-0.4, -0.2) is 24.5 Å². The van der Waals surface area contributed by atoms with Crippen molar-refractivity contribution in [3.63, 3.8) is 0 Å². The van der Waals surface area contributed by atoms with Gasteiger partial charge in [-0.1, -0.05) is 27.5 Å². The fourth-order valence-corrected chi connectivity index (χ4v) is 3.78. The number of carbonyl (C=O) groups is 1. The molecule has 0 saturated carbocycles. The molecule has 1 aromatic carbocycles. The van der Waals surface area contributed by atoms with Crippen LogP contribution in [0.2, 0.25) is 5.02 Å². The number of primary amides is 1. The highest BCUT2D eigenvalue weighted by Gasteiger charge is 2.23. The Labute approximate surface area is 134 Å². The molecular weight excluding hydrogens is 384 g/mol. The number of aryl methyl sites for hydroxylation is 1. The standard InChI is InChI=1S/C11H10BrClN4O3S/c1-5-9(10(11(14)18)16-15-5)17-21(19,20)8-3-2-6(12)4-7(8)13/h2-4,17H,1H3,(H2,14,18)(H,15,16). The van der Waals surface area contributed by atoms with Crippen LogP contribution < -0.4 is 10.5 Å². The average Bonchev–Trinajstić information content (AvgIpc) is 2.70. The Balaban J connectivity index is 2.47. The number of nitrogens with zero attached hydrogens (tertiary/aromatic N) is 1. The molecule has 0 aliphatic rings. The lowest BCUT2D eigenvalue weighted by molar-refractivity contribution is 0.0996. The summed E-state index contributed by atoms with van der Waals surface area (Å²) < 4.78 is 27.6. The number of hydrogen-bond acceptors (Lipinski definition) is 4. The van der Waals surface area contributed by atoms with Crippen LogP contribution in [0.3, 0.4) is 0 Å². The van der Waals surface area contributed by atoms with Gasteiger partial charge in [0.05, 0.1) is 10.7 Å². The second-order valence-electron chi connectivity index (χ2n) is 4.12. The Kier molecular flexibility index (Phi) is 4.26. The summed E-state index contributed by atoms with van der Waals surface area (Å²) in [5.74, 6) is -0.848. The number of carbonyl (C=O) groups excluding carboxylic acids is 1. The Morgan fingerprint density at radius 3 is 2.71 bits per heavy atom. The maximum absolute atomic E-state index is 12.4. The number of anilines is 1. The lowest BCUT2D eigenvalue weighted by Crippen LogP contribution is -2.19. The summed E-state index contributed by atoms with van der Waals surface area (Å²) in [6, 6.07) is 4.33. The van der Waals surface area contributed by atoms with Crippen molar-refractivity contribution in [3.05, 3.63) is 39.1 Å². The van der Waals surface area contributed by atoms with E-state index in [4.69, 9.17) is 17.3 Å². The maximum Gasteiger partial charge on any atom is 0.271 e. The number of H-pyrrole nitrogens is 1. The molecule has 0 bridgehead atoms. The molecule has 0 saturated heterocycles. The third kappa shape index (κ3) is 3.20. The summed E-state index contributed by atoms with van der Waals surface area (Å²) in [5, 5.41) is 6.20. The summed E-state index contributed by atoms with van der Waals surface area (Å²) in [7, 11) is -3.98. The van der Waals surface area contributed by atoms with Gasteiger partial charge in [0, 0.05) is 4.47 Å². The van der Waals surface area contributed by atoms with Crippen LogP contribution in [-0.2, 0) is 10.0 Å². The molecule has 10 heteroatoms. The lowest BCUT2D eigenvalue weighted by atomic mass is 10.3. The van der Waals surface area contributed by atoms with Crippen molar-refractivity contribution in [1.29, 1.82) is 0 Å². The van der Waals surface area contributed by atoms with E-state index >= 15 is 0 Å². The van der Waals surface area contributed by atoms with Gasteiger partial charge in [0.25, 0.3) is 15.9 Å². The first-order valence-corrected chi connectivity index (χ1v) is 8.20. The molecule has 1 amide bonds. The van der Waals surface area contributed by atoms with Gasteiger partial charge in [-0.3, -0.25) is 14.6 Å². The van der Waals surface area contributed by atoms with Gasteiger partial charge in [-0.05, 0) is 25.1 Å². The molecule has 0 fully saturated rings. The number of aromatic nitrogens is 2. The molecule has 0 atom stereocenters. The van der Waals surface area contributed by atoms with Gasteiger partial charge in [0.2, 0.25) is 0 Å². The molecule has 1 heterocycles. The first-order chi connectivity index (χ1) is 9.72. The van der Waals surface area contributed by atoms with E-state index in [0.717, 1.165) is 0 Å². The van der Waals surface area contributed by atoms with E-state index in [1.807, 2.05) is 0 Å². The minimum Gasteiger partial charge on any atom is -0.364 e. The van der Waals surface area contributed by atoms with Gasteiger partial charge in [0.1, 0.15) is 10.6 Å². The number of sulfonamides is 1. The van der Waals surface area contributed by atoms with Crippen molar-refractivity contribution in [2.24, 2.45) is 5.73 Å². The monoisotopic (exact) mass is 392 g/mol. The first kappa shape index (κ1) is 15.8. The molecule has 0 radical (unpaired) electrons. The third-order valence-electron chi connectivity index (χ3n) is 2.60. The second kappa shape index (κ2) is 5.66. The highest BCUT2D eigenvalue weighted by atomic mass is 79.9. The van der Waals surface area contributed by atoms with Crippen molar-refractivity contribution in [1.82, 2.24) is 10.2 Å². The molecule has 21 heavy (non-hydrogen) atoms. The Morgan fingerprint density at radius 2 is 2.14 bits per heavy atom. The van der Waals surface area contributed by atoms with E-state index in [2.05, 4.69) is 30.8 Å². The zero-order valence-electron chi connectivity index (χ0n) is 10.6. The van der Waals surface area contributed by atoms with E-state index < -0.39 is 15.9 Å². The quantitative estimate of drug-likeness (QED) is 0.736. The second-order valence-corrected chi connectivity index (χ2v) is 7.09. The molecule has 112 valence electrons. The van der Waals surface area contributed by atoms with Crippen molar-refractivity contribution < 1.29 is 13.2 Å². The number of nitrogens with one attached hydrogen (secondary N) is 2. The van der Waals surface area contributed by atoms with Gasteiger partial charge < -0.3 is 5.73 Å². The molecular formula is C11H10BrClN4O3S. The molecule has 0 spiro atoms. The summed E-state index contributed by atoms with van der Waals surface area (Å²) in [4.78, 5) is 11.1. The van der Waals surface area contributed by atoms with Gasteiger partial charge in [-0.25, -0.2) is 8.42 Å². The molecule has 2 rings (SSSR count). The van der Waals surface area contributed by atoms with Crippen molar-refractivity contribution in [3.8, 4) is 0 Å². The van der Waals surface area contributed by atoms with E-state index in [1.165, 1.54) is 18.2 Å². The first-order valence-electron chi connectivity index (χ1n) is 5.55. The van der Waals surface area contributed by atoms with Gasteiger partial charge in [-0.15, -0.1) is 0 Å². The minimum atomic E-state index is -3.98. The predicted octanol–water partition coefficient (Wildman–Crippen LogP) is 2.03. The predicted molar refractivity (Wildman–Crippen MR) is 81.8 cm³/mol. The maximum atomic E-state index is 12.4. The van der Waals surface area contributed by atoms with Gasteiger partial charge >= 0.3 is 0 Å². The van der Waals surface area contributed by atoms with Crippen LogP contribution in [0.1, 0.15) is 16.2 Å². The Hall–Kier alpha value is -1.58. The largest absolute Gasteiger partial charge is 0.364 e. The molecule has 2 aromatic rings. The molecule has 0 unspecified atom stereocenters. The van der Waals surface area contributed by atoms with Crippen LogP contribution in [0.5, 0.6) is 0 Å². The summed E-state index contributed by atoms with van der Waals surface area (Å²) in [6.07, 6.45) is 0. The van der Waals surface area contributed by atoms with E-state index in [1.54, 1.807) is 6.92 Å². The van der Waals surface area contributed by atoms with Crippen LogP contribution in [0.15, 0.2) is 27.6 Å². The molecule has 0 aliphatic heterocycles. The smallest absolute Gasteiger partial charge is 0.271 e. The molecule has 1 aromatic heterocycles. The van der Waals surface area contributed by atoms with Crippen LogP contribution >= 0.6 is 27.5 Å². The summed E-state index contributed by atoms with van der Waals surface area (Å²) in [5.41, 5.74) is 5.32. The number of benzene rings is 1. The molecule has 7 nitrogen and oxygen atoms in total. The summed E-state index contributed by atoms with van der Waals surface area (Å²) >= 11 is 9.12. The number of hydrogen-bond donors (Lipinski definition) is 3. The Morgan fingerprint density at radius 1 is 1.48 bits per heavy atom. The van der Waals surface area contributed by atoms with Crippen LogP contribution in [0.25, 0.3) is 0 Å². The normalized spacial score (nSPS) is 11.4. The minimum absolute atomic E-state index is 0.00138. The number of amides is 1. The zero-order valence-corrected chi connectivity index (χ0v) is 13.8. The Bertz CT molecular complexity index is 819. The number of aromatic amines is 1. The highest BCUT2D eigenvalue weighted by Crippen LogP contribution is 2.28. The van der Waals surface area contributed by atoms with Crippen LogP contribution in [0, 0.1) is 6.92 Å². The average molecular weight is 394 g/mol. The molecule has 4 N–H and O–H groups in total.